The number of carbonyl (C=O) groups is 1. The van der Waals surface area contributed by atoms with Crippen LogP contribution in [-0.4, -0.2) is 46.3 Å². The number of piperidine rings is 1. The number of rotatable bonds is 3. The molecule has 0 unspecified atom stereocenters. The highest BCUT2D eigenvalue weighted by Gasteiger charge is 2.26. The summed E-state index contributed by atoms with van der Waals surface area (Å²) >= 11 is 0. The van der Waals surface area contributed by atoms with Crippen molar-refractivity contribution < 1.29 is 14.4 Å². The van der Waals surface area contributed by atoms with Crippen LogP contribution in [0.2, 0.25) is 0 Å². The molecular weight excluding hydrogens is 234 g/mol. The third-order valence-electron chi connectivity index (χ3n) is 3.30. The molecule has 1 aromatic rings. The highest BCUT2D eigenvalue weighted by Crippen LogP contribution is 2.15. The van der Waals surface area contributed by atoms with Crippen LogP contribution in [0.5, 0.6) is 0 Å². The van der Waals surface area contributed by atoms with Crippen molar-refractivity contribution in [2.45, 2.75) is 38.8 Å². The molecule has 2 rings (SSSR count). The van der Waals surface area contributed by atoms with Gasteiger partial charge in [-0.25, -0.2) is 0 Å². The Kier molecular flexibility index (Phi) is 3.98. The Morgan fingerprint density at radius 1 is 1.61 bits per heavy atom. The average molecular weight is 253 g/mol. The number of hydrogen-bond acceptors (Lipinski definition) is 5. The minimum absolute atomic E-state index is 0.109. The fourth-order valence-corrected chi connectivity index (χ4v) is 2.09. The van der Waals surface area contributed by atoms with E-state index in [2.05, 4.69) is 15.4 Å². The first-order valence-corrected chi connectivity index (χ1v) is 6.22. The molecule has 1 aliphatic heterocycles. The molecule has 2 N–H and O–H groups in total. The number of amides is 1. The average Bonchev–Trinajstić information content (AvgIpc) is 2.75. The molecule has 0 aromatic carbocycles. The molecule has 0 spiro atoms. The van der Waals surface area contributed by atoms with Crippen LogP contribution in [-0.2, 0) is 4.79 Å². The second-order valence-electron chi connectivity index (χ2n) is 4.76. The Labute approximate surface area is 106 Å². The Hall–Kier alpha value is -1.40. The van der Waals surface area contributed by atoms with E-state index in [0.29, 0.717) is 5.88 Å². The zero-order valence-corrected chi connectivity index (χ0v) is 10.7. The van der Waals surface area contributed by atoms with Crippen LogP contribution < -0.4 is 5.32 Å². The molecule has 6 nitrogen and oxygen atoms in total. The van der Waals surface area contributed by atoms with Crippen molar-refractivity contribution >= 4 is 11.8 Å². The second kappa shape index (κ2) is 5.49. The van der Waals surface area contributed by atoms with Gasteiger partial charge >= 0.3 is 0 Å². The van der Waals surface area contributed by atoms with Crippen molar-refractivity contribution in [2.75, 3.05) is 18.4 Å². The van der Waals surface area contributed by atoms with Gasteiger partial charge in [0, 0.05) is 19.2 Å². The molecule has 1 atom stereocenters. The molecule has 100 valence electrons. The summed E-state index contributed by atoms with van der Waals surface area (Å²) in [5.41, 5.74) is 0.735. The topological polar surface area (TPSA) is 78.6 Å². The number of aryl methyl sites for hydroxylation is 1. The van der Waals surface area contributed by atoms with E-state index in [1.165, 1.54) is 0 Å². The molecule has 0 aliphatic carbocycles. The molecule has 1 aromatic heterocycles. The first kappa shape index (κ1) is 13.0. The van der Waals surface area contributed by atoms with Crippen LogP contribution in [0, 0.1) is 6.92 Å². The lowest BCUT2D eigenvalue weighted by Crippen LogP contribution is -2.46. The lowest BCUT2D eigenvalue weighted by atomic mass is 10.1. The molecule has 1 aliphatic rings. The largest absolute Gasteiger partial charge is 0.393 e. The summed E-state index contributed by atoms with van der Waals surface area (Å²) < 4.78 is 4.95. The van der Waals surface area contributed by atoms with E-state index in [1.807, 2.05) is 6.92 Å². The van der Waals surface area contributed by atoms with Gasteiger partial charge in [0.05, 0.1) is 17.8 Å². The summed E-state index contributed by atoms with van der Waals surface area (Å²) in [6.07, 6.45) is 1.21. The van der Waals surface area contributed by atoms with Crippen LogP contribution in [0.15, 0.2) is 10.6 Å². The predicted molar refractivity (Wildman–Crippen MR) is 66.1 cm³/mol. The van der Waals surface area contributed by atoms with Gasteiger partial charge in [-0.15, -0.1) is 0 Å². The van der Waals surface area contributed by atoms with Gasteiger partial charge in [0.2, 0.25) is 11.8 Å². The van der Waals surface area contributed by atoms with E-state index in [1.54, 1.807) is 13.0 Å². The van der Waals surface area contributed by atoms with Crippen molar-refractivity contribution in [3.05, 3.63) is 11.8 Å². The number of aromatic nitrogens is 1. The molecular formula is C12H19N3O3. The van der Waals surface area contributed by atoms with E-state index in [9.17, 15) is 9.90 Å². The van der Waals surface area contributed by atoms with Crippen molar-refractivity contribution in [3.8, 4) is 0 Å². The van der Waals surface area contributed by atoms with Crippen molar-refractivity contribution in [1.29, 1.82) is 0 Å². The van der Waals surface area contributed by atoms with Crippen LogP contribution in [0.25, 0.3) is 0 Å². The third-order valence-corrected chi connectivity index (χ3v) is 3.30. The van der Waals surface area contributed by atoms with Crippen LogP contribution in [0.3, 0.4) is 0 Å². The standard InChI is InChI=1S/C12H19N3O3/c1-8-7-11(18-14-8)13-12(17)9(2)15-5-3-10(16)4-6-15/h7,9-10,16H,3-6H2,1-2H3,(H,13,17)/t9-/m0/s1. The number of likely N-dealkylation sites (tertiary alicyclic amines) is 1. The normalized spacial score (nSPS) is 19.7. The number of anilines is 1. The zero-order chi connectivity index (χ0) is 13.1. The summed E-state index contributed by atoms with van der Waals surface area (Å²) in [6.45, 7) is 5.14. The molecule has 1 amide bonds. The fraction of sp³-hybridized carbons (Fsp3) is 0.667. The first-order chi connectivity index (χ1) is 8.56. The number of aliphatic hydroxyl groups excluding tert-OH is 1. The maximum atomic E-state index is 12.0. The second-order valence-corrected chi connectivity index (χ2v) is 4.76. The Morgan fingerprint density at radius 2 is 2.28 bits per heavy atom. The molecule has 18 heavy (non-hydrogen) atoms. The minimum Gasteiger partial charge on any atom is -0.393 e. The van der Waals surface area contributed by atoms with Crippen molar-refractivity contribution in [1.82, 2.24) is 10.1 Å². The molecule has 0 bridgehead atoms. The van der Waals surface area contributed by atoms with Gasteiger partial charge in [-0.05, 0) is 26.7 Å². The zero-order valence-electron chi connectivity index (χ0n) is 10.7. The molecule has 1 saturated heterocycles. The van der Waals surface area contributed by atoms with Gasteiger partial charge in [-0.3, -0.25) is 15.0 Å². The van der Waals surface area contributed by atoms with E-state index >= 15 is 0 Å². The number of nitrogens with one attached hydrogen (secondary N) is 1. The van der Waals surface area contributed by atoms with Gasteiger partial charge in [0.15, 0.2) is 0 Å². The van der Waals surface area contributed by atoms with E-state index < -0.39 is 0 Å². The predicted octanol–water partition coefficient (Wildman–Crippen LogP) is 0.767. The van der Waals surface area contributed by atoms with Crippen LogP contribution in [0.4, 0.5) is 5.88 Å². The minimum atomic E-state index is -0.233. The third kappa shape index (κ3) is 3.08. The molecule has 0 radical (unpaired) electrons. The highest BCUT2D eigenvalue weighted by molar-refractivity contribution is 5.93. The monoisotopic (exact) mass is 253 g/mol. The Balaban J connectivity index is 1.88. The first-order valence-electron chi connectivity index (χ1n) is 6.22. The molecule has 1 fully saturated rings. The van der Waals surface area contributed by atoms with Gasteiger partial charge in [0.25, 0.3) is 0 Å². The number of hydrogen-bond donors (Lipinski definition) is 2. The van der Waals surface area contributed by atoms with Gasteiger partial charge in [0.1, 0.15) is 0 Å². The Morgan fingerprint density at radius 3 is 2.83 bits per heavy atom. The maximum absolute atomic E-state index is 12.0. The van der Waals surface area contributed by atoms with Crippen molar-refractivity contribution in [3.63, 3.8) is 0 Å². The molecule has 0 saturated carbocycles. The number of nitrogens with zero attached hydrogens (tertiary/aromatic N) is 2. The van der Waals surface area contributed by atoms with E-state index in [4.69, 9.17) is 4.52 Å². The van der Waals surface area contributed by atoms with Crippen LogP contribution in [0.1, 0.15) is 25.5 Å². The van der Waals surface area contributed by atoms with Gasteiger partial charge < -0.3 is 9.63 Å². The quantitative estimate of drug-likeness (QED) is 0.831. The SMILES string of the molecule is Cc1cc(NC(=O)[C@H](C)N2CCC(O)CC2)on1. The summed E-state index contributed by atoms with van der Waals surface area (Å²) in [5, 5.41) is 15.8. The smallest absolute Gasteiger partial charge is 0.243 e. The molecule has 6 heteroatoms. The lowest BCUT2D eigenvalue weighted by molar-refractivity contribution is -0.121. The number of aliphatic hydroxyl groups is 1. The van der Waals surface area contributed by atoms with Crippen LogP contribution >= 0.6 is 0 Å². The molecule has 2 heterocycles. The Bertz CT molecular complexity index is 410. The summed E-state index contributed by atoms with van der Waals surface area (Å²) in [4.78, 5) is 14.1. The van der Waals surface area contributed by atoms with Crippen molar-refractivity contribution in [2.24, 2.45) is 0 Å². The lowest BCUT2D eigenvalue weighted by Gasteiger charge is -2.33. The fourth-order valence-electron chi connectivity index (χ4n) is 2.09. The highest BCUT2D eigenvalue weighted by atomic mass is 16.5. The van der Waals surface area contributed by atoms with Gasteiger partial charge in [-0.2, -0.15) is 0 Å². The summed E-state index contributed by atoms with van der Waals surface area (Å²) in [5.74, 6) is 0.268. The van der Waals surface area contributed by atoms with Gasteiger partial charge in [-0.1, -0.05) is 5.16 Å². The number of carbonyl (C=O) groups excluding carboxylic acids is 1. The summed E-state index contributed by atoms with van der Waals surface area (Å²) in [6, 6.07) is 1.45. The van der Waals surface area contributed by atoms with E-state index in [0.717, 1.165) is 31.6 Å². The van der Waals surface area contributed by atoms with E-state index in [-0.39, 0.29) is 18.1 Å². The summed E-state index contributed by atoms with van der Waals surface area (Å²) in [7, 11) is 0. The maximum Gasteiger partial charge on any atom is 0.243 e.